The molecule has 2 amide bonds. The molecule has 0 bridgehead atoms. The summed E-state index contributed by atoms with van der Waals surface area (Å²) in [6, 6.07) is 0. The van der Waals surface area contributed by atoms with Crippen LogP contribution in [0.4, 0.5) is 0 Å². The maximum atomic E-state index is 12.1. The SMILES string of the molecule is CC1(NC(=O)C(=O)N2CCCNCC2)CCCC1. The summed E-state index contributed by atoms with van der Waals surface area (Å²) in [7, 11) is 0. The largest absolute Gasteiger partial charge is 0.343 e. The van der Waals surface area contributed by atoms with Crippen molar-refractivity contribution in [1.82, 2.24) is 15.5 Å². The van der Waals surface area contributed by atoms with Gasteiger partial charge in [0.25, 0.3) is 0 Å². The molecule has 2 N–H and O–H groups in total. The minimum absolute atomic E-state index is 0.170. The van der Waals surface area contributed by atoms with Gasteiger partial charge in [-0.3, -0.25) is 9.59 Å². The fraction of sp³-hybridized carbons (Fsp3) is 0.846. The van der Waals surface area contributed by atoms with Crippen LogP contribution in [0.15, 0.2) is 0 Å². The highest BCUT2D eigenvalue weighted by atomic mass is 16.2. The van der Waals surface area contributed by atoms with Crippen LogP contribution in [0.5, 0.6) is 0 Å². The molecule has 0 radical (unpaired) electrons. The normalized spacial score (nSPS) is 23.5. The molecule has 0 aromatic heterocycles. The summed E-state index contributed by atoms with van der Waals surface area (Å²) in [4.78, 5) is 25.7. The summed E-state index contributed by atoms with van der Waals surface area (Å²) >= 11 is 0. The van der Waals surface area contributed by atoms with E-state index in [1.807, 2.05) is 6.92 Å². The van der Waals surface area contributed by atoms with Gasteiger partial charge in [0, 0.05) is 25.2 Å². The van der Waals surface area contributed by atoms with E-state index < -0.39 is 5.91 Å². The first-order chi connectivity index (χ1) is 8.61. The van der Waals surface area contributed by atoms with Gasteiger partial charge in [0.2, 0.25) is 0 Å². The van der Waals surface area contributed by atoms with Crippen LogP contribution in [0.1, 0.15) is 39.0 Å². The summed E-state index contributed by atoms with van der Waals surface area (Å²) in [5, 5.41) is 6.15. The lowest BCUT2D eigenvalue weighted by molar-refractivity contribution is -0.146. The van der Waals surface area contributed by atoms with Gasteiger partial charge in [0.15, 0.2) is 0 Å². The molecule has 1 heterocycles. The molecule has 0 aromatic carbocycles. The molecule has 0 unspecified atom stereocenters. The monoisotopic (exact) mass is 253 g/mol. The Morgan fingerprint density at radius 1 is 1.11 bits per heavy atom. The lowest BCUT2D eigenvalue weighted by Crippen LogP contribution is -2.51. The van der Waals surface area contributed by atoms with Crippen molar-refractivity contribution in [2.24, 2.45) is 0 Å². The second kappa shape index (κ2) is 5.69. The van der Waals surface area contributed by atoms with Crippen molar-refractivity contribution >= 4 is 11.8 Å². The Morgan fingerprint density at radius 2 is 1.83 bits per heavy atom. The molecule has 2 fully saturated rings. The van der Waals surface area contributed by atoms with E-state index >= 15 is 0 Å². The number of amides is 2. The highest BCUT2D eigenvalue weighted by Crippen LogP contribution is 2.28. The molecule has 0 atom stereocenters. The van der Waals surface area contributed by atoms with E-state index in [0.29, 0.717) is 13.1 Å². The van der Waals surface area contributed by atoms with E-state index in [-0.39, 0.29) is 11.4 Å². The van der Waals surface area contributed by atoms with Gasteiger partial charge >= 0.3 is 11.8 Å². The molecule has 2 rings (SSSR count). The molecule has 18 heavy (non-hydrogen) atoms. The zero-order valence-electron chi connectivity index (χ0n) is 11.1. The standard InChI is InChI=1S/C13H23N3O2/c1-13(5-2-3-6-13)15-11(17)12(18)16-9-4-7-14-8-10-16/h14H,2-10H2,1H3,(H,15,17). The van der Waals surface area contributed by atoms with Gasteiger partial charge < -0.3 is 15.5 Å². The second-order valence-electron chi connectivity index (χ2n) is 5.62. The van der Waals surface area contributed by atoms with Crippen molar-refractivity contribution < 1.29 is 9.59 Å². The number of hydrogen-bond acceptors (Lipinski definition) is 3. The molecule has 1 saturated carbocycles. The zero-order chi connectivity index (χ0) is 13.0. The maximum absolute atomic E-state index is 12.1. The molecule has 102 valence electrons. The third kappa shape index (κ3) is 3.22. The Hall–Kier alpha value is -1.10. The van der Waals surface area contributed by atoms with Crippen LogP contribution in [-0.4, -0.2) is 48.4 Å². The molecule has 1 saturated heterocycles. The second-order valence-corrected chi connectivity index (χ2v) is 5.62. The highest BCUT2D eigenvalue weighted by molar-refractivity contribution is 6.35. The van der Waals surface area contributed by atoms with Crippen molar-refractivity contribution in [3.8, 4) is 0 Å². The predicted octanol–water partition coefficient (Wildman–Crippen LogP) is 0.257. The van der Waals surface area contributed by atoms with Crippen LogP contribution in [-0.2, 0) is 9.59 Å². The van der Waals surface area contributed by atoms with E-state index in [1.54, 1.807) is 4.90 Å². The number of nitrogens with one attached hydrogen (secondary N) is 2. The van der Waals surface area contributed by atoms with Crippen molar-refractivity contribution in [3.05, 3.63) is 0 Å². The summed E-state index contributed by atoms with van der Waals surface area (Å²) in [6.45, 7) is 5.04. The average Bonchev–Trinajstić information content (AvgIpc) is 2.63. The summed E-state index contributed by atoms with van der Waals surface area (Å²) in [6.07, 6.45) is 5.15. The first-order valence-corrected chi connectivity index (χ1v) is 6.93. The van der Waals surface area contributed by atoms with Gasteiger partial charge in [-0.05, 0) is 32.7 Å². The number of carbonyl (C=O) groups is 2. The summed E-state index contributed by atoms with van der Waals surface area (Å²) < 4.78 is 0. The van der Waals surface area contributed by atoms with Crippen molar-refractivity contribution in [2.75, 3.05) is 26.2 Å². The first-order valence-electron chi connectivity index (χ1n) is 6.93. The van der Waals surface area contributed by atoms with Gasteiger partial charge in [-0.1, -0.05) is 12.8 Å². The van der Waals surface area contributed by atoms with Gasteiger partial charge in [-0.15, -0.1) is 0 Å². The predicted molar refractivity (Wildman–Crippen MR) is 69.1 cm³/mol. The minimum atomic E-state index is -0.429. The van der Waals surface area contributed by atoms with Crippen LogP contribution in [0.3, 0.4) is 0 Å². The Labute approximate surface area is 108 Å². The van der Waals surface area contributed by atoms with Crippen LogP contribution in [0.2, 0.25) is 0 Å². The van der Waals surface area contributed by atoms with Gasteiger partial charge in [0.05, 0.1) is 0 Å². The minimum Gasteiger partial charge on any atom is -0.343 e. The molecule has 1 aliphatic carbocycles. The third-order valence-electron chi connectivity index (χ3n) is 3.94. The van der Waals surface area contributed by atoms with Crippen LogP contribution in [0, 0.1) is 0 Å². The van der Waals surface area contributed by atoms with E-state index in [0.717, 1.165) is 45.2 Å². The van der Waals surface area contributed by atoms with Gasteiger partial charge in [0.1, 0.15) is 0 Å². The Morgan fingerprint density at radius 3 is 2.56 bits per heavy atom. The molecule has 1 aliphatic heterocycles. The number of rotatable bonds is 1. The molecule has 0 spiro atoms. The zero-order valence-corrected chi connectivity index (χ0v) is 11.1. The molecule has 5 nitrogen and oxygen atoms in total. The molecule has 5 heteroatoms. The van der Waals surface area contributed by atoms with Gasteiger partial charge in [-0.25, -0.2) is 0 Å². The highest BCUT2D eigenvalue weighted by Gasteiger charge is 2.33. The Kier molecular flexibility index (Phi) is 4.22. The smallest absolute Gasteiger partial charge is 0.311 e. The molecular formula is C13H23N3O2. The van der Waals surface area contributed by atoms with E-state index in [1.165, 1.54) is 0 Å². The Balaban J connectivity index is 1.89. The van der Waals surface area contributed by atoms with Crippen molar-refractivity contribution in [1.29, 1.82) is 0 Å². The van der Waals surface area contributed by atoms with Gasteiger partial charge in [-0.2, -0.15) is 0 Å². The summed E-state index contributed by atoms with van der Waals surface area (Å²) in [5.41, 5.74) is -0.170. The number of hydrogen-bond donors (Lipinski definition) is 2. The lowest BCUT2D eigenvalue weighted by atomic mass is 10.0. The van der Waals surface area contributed by atoms with Crippen LogP contribution >= 0.6 is 0 Å². The molecular weight excluding hydrogens is 230 g/mol. The molecule has 2 aliphatic rings. The third-order valence-corrected chi connectivity index (χ3v) is 3.94. The van der Waals surface area contributed by atoms with Crippen molar-refractivity contribution in [3.63, 3.8) is 0 Å². The van der Waals surface area contributed by atoms with Crippen molar-refractivity contribution in [2.45, 2.75) is 44.6 Å². The quantitative estimate of drug-likeness (QED) is 0.659. The number of carbonyl (C=O) groups excluding carboxylic acids is 2. The first kappa shape index (κ1) is 13.3. The average molecular weight is 253 g/mol. The Bertz CT molecular complexity index is 316. The number of nitrogens with zero attached hydrogens (tertiary/aromatic N) is 1. The van der Waals surface area contributed by atoms with Crippen LogP contribution in [0.25, 0.3) is 0 Å². The van der Waals surface area contributed by atoms with E-state index in [9.17, 15) is 9.59 Å². The topological polar surface area (TPSA) is 61.4 Å². The fourth-order valence-electron chi connectivity index (χ4n) is 2.80. The maximum Gasteiger partial charge on any atom is 0.311 e. The van der Waals surface area contributed by atoms with E-state index in [2.05, 4.69) is 10.6 Å². The molecule has 0 aromatic rings. The van der Waals surface area contributed by atoms with E-state index in [4.69, 9.17) is 0 Å². The fourth-order valence-corrected chi connectivity index (χ4v) is 2.80. The lowest BCUT2D eigenvalue weighted by Gasteiger charge is -2.27. The summed E-state index contributed by atoms with van der Waals surface area (Å²) in [5.74, 6) is -0.798. The van der Waals surface area contributed by atoms with Crippen LogP contribution < -0.4 is 10.6 Å².